The Bertz CT molecular complexity index is 350. The van der Waals surface area contributed by atoms with Crippen molar-refractivity contribution in [2.45, 2.75) is 19.3 Å². The van der Waals surface area contributed by atoms with Gasteiger partial charge in [0.1, 0.15) is 5.15 Å². The summed E-state index contributed by atoms with van der Waals surface area (Å²) in [6.45, 7) is 0.667. The molecule has 0 radical (unpaired) electrons. The van der Waals surface area contributed by atoms with Gasteiger partial charge in [-0.05, 0) is 6.92 Å². The first-order valence-corrected chi connectivity index (χ1v) is 4.40. The molecule has 0 saturated heterocycles. The minimum Gasteiger partial charge on any atom is -0.309 e. The van der Waals surface area contributed by atoms with E-state index in [-0.39, 0.29) is 11.0 Å². The van der Waals surface area contributed by atoms with Crippen LogP contribution in [0, 0.1) is 0 Å². The Kier molecular flexibility index (Phi) is 3.52. The summed E-state index contributed by atoms with van der Waals surface area (Å²) in [5, 5.41) is 2.34. The maximum atomic E-state index is 12.4. The van der Waals surface area contributed by atoms with Gasteiger partial charge in [-0.2, -0.15) is 0 Å². The average molecular weight is 236 g/mol. The molecule has 1 aromatic heterocycles. The highest BCUT2D eigenvalue weighted by Crippen LogP contribution is 2.17. The summed E-state index contributed by atoms with van der Waals surface area (Å²) in [5.41, 5.74) is 0. The number of nitrogens with zero attached hydrogens (tertiary/aromatic N) is 2. The number of alkyl halides is 2. The Hall–Kier alpha value is -1.30. The van der Waals surface area contributed by atoms with Crippen molar-refractivity contribution < 1.29 is 13.6 Å². The third-order valence-corrected chi connectivity index (χ3v) is 1.55. The lowest BCUT2D eigenvalue weighted by atomic mass is 10.2. The molecule has 0 aromatic carbocycles. The van der Waals surface area contributed by atoms with Gasteiger partial charge in [0.25, 0.3) is 5.92 Å². The third kappa shape index (κ3) is 4.64. The van der Waals surface area contributed by atoms with E-state index in [1.807, 2.05) is 0 Å². The summed E-state index contributed by atoms with van der Waals surface area (Å²) in [4.78, 5) is 18.3. The minimum atomic E-state index is -3.04. The smallest absolute Gasteiger partial charge is 0.254 e. The SMILES string of the molecule is CC(F)(F)CC(=O)Nc1cnc(Cl)cn1. The van der Waals surface area contributed by atoms with E-state index in [0.717, 1.165) is 0 Å². The van der Waals surface area contributed by atoms with Crippen LogP contribution in [0.15, 0.2) is 12.4 Å². The molecule has 7 heteroatoms. The summed E-state index contributed by atoms with van der Waals surface area (Å²) >= 11 is 5.45. The summed E-state index contributed by atoms with van der Waals surface area (Å²) in [6.07, 6.45) is 1.51. The normalized spacial score (nSPS) is 11.2. The van der Waals surface area contributed by atoms with Gasteiger partial charge < -0.3 is 5.32 Å². The Morgan fingerprint density at radius 2 is 2.20 bits per heavy atom. The topological polar surface area (TPSA) is 54.9 Å². The predicted octanol–water partition coefficient (Wildman–Crippen LogP) is 2.11. The fourth-order valence-electron chi connectivity index (χ4n) is 0.846. The first kappa shape index (κ1) is 11.8. The quantitative estimate of drug-likeness (QED) is 0.873. The maximum absolute atomic E-state index is 12.4. The molecule has 4 nitrogen and oxygen atoms in total. The van der Waals surface area contributed by atoms with E-state index in [9.17, 15) is 13.6 Å². The van der Waals surface area contributed by atoms with Gasteiger partial charge in [-0.25, -0.2) is 18.7 Å². The molecule has 1 rings (SSSR count). The molecule has 0 unspecified atom stereocenters. The molecule has 1 N–H and O–H groups in total. The van der Waals surface area contributed by atoms with E-state index in [4.69, 9.17) is 11.6 Å². The lowest BCUT2D eigenvalue weighted by molar-refractivity contribution is -0.122. The molecule has 0 aliphatic rings. The summed E-state index contributed by atoms with van der Waals surface area (Å²) in [7, 11) is 0. The first-order chi connectivity index (χ1) is 6.87. The Labute approximate surface area is 89.7 Å². The van der Waals surface area contributed by atoms with Crippen molar-refractivity contribution in [3.63, 3.8) is 0 Å². The second-order valence-corrected chi connectivity index (χ2v) is 3.41. The molecule has 0 saturated carbocycles. The zero-order valence-electron chi connectivity index (χ0n) is 7.80. The zero-order chi connectivity index (χ0) is 11.5. The Balaban J connectivity index is 2.55. The highest BCUT2D eigenvalue weighted by Gasteiger charge is 2.25. The molecule has 1 heterocycles. The fourth-order valence-corrected chi connectivity index (χ4v) is 0.943. The highest BCUT2D eigenvalue weighted by atomic mass is 35.5. The highest BCUT2D eigenvalue weighted by molar-refractivity contribution is 6.29. The van der Waals surface area contributed by atoms with Crippen molar-refractivity contribution in [2.24, 2.45) is 0 Å². The van der Waals surface area contributed by atoms with Crippen molar-refractivity contribution in [3.05, 3.63) is 17.5 Å². The molecule has 0 aliphatic heterocycles. The molecule has 0 fully saturated rings. The van der Waals surface area contributed by atoms with Gasteiger partial charge in [-0.1, -0.05) is 11.6 Å². The van der Waals surface area contributed by atoms with Crippen molar-refractivity contribution >= 4 is 23.3 Å². The van der Waals surface area contributed by atoms with E-state index < -0.39 is 18.3 Å². The van der Waals surface area contributed by atoms with Crippen molar-refractivity contribution in [3.8, 4) is 0 Å². The number of aromatic nitrogens is 2. The van der Waals surface area contributed by atoms with Crippen LogP contribution in [0.5, 0.6) is 0 Å². The van der Waals surface area contributed by atoms with Crippen LogP contribution in [-0.2, 0) is 4.79 Å². The Morgan fingerprint density at radius 1 is 1.53 bits per heavy atom. The molecular weight excluding hydrogens is 228 g/mol. The van der Waals surface area contributed by atoms with Crippen LogP contribution in [0.3, 0.4) is 0 Å². The summed E-state index contributed by atoms with van der Waals surface area (Å²) < 4.78 is 24.8. The fraction of sp³-hybridized carbons (Fsp3) is 0.375. The van der Waals surface area contributed by atoms with Crippen LogP contribution in [0.4, 0.5) is 14.6 Å². The van der Waals surface area contributed by atoms with Gasteiger partial charge in [-0.15, -0.1) is 0 Å². The number of halogens is 3. The molecule has 15 heavy (non-hydrogen) atoms. The van der Waals surface area contributed by atoms with Crippen LogP contribution in [-0.4, -0.2) is 21.8 Å². The molecule has 0 spiro atoms. The molecular formula is C8H8ClF2N3O. The van der Waals surface area contributed by atoms with Gasteiger partial charge >= 0.3 is 0 Å². The van der Waals surface area contributed by atoms with Crippen LogP contribution in [0.25, 0.3) is 0 Å². The molecule has 1 aromatic rings. The van der Waals surface area contributed by atoms with Gasteiger partial charge in [-0.3, -0.25) is 4.79 Å². The van der Waals surface area contributed by atoms with Crippen LogP contribution >= 0.6 is 11.6 Å². The van der Waals surface area contributed by atoms with Crippen LogP contribution in [0.2, 0.25) is 5.15 Å². The maximum Gasteiger partial charge on any atom is 0.254 e. The van der Waals surface area contributed by atoms with Gasteiger partial charge in [0.15, 0.2) is 5.82 Å². The Morgan fingerprint density at radius 3 is 2.67 bits per heavy atom. The second-order valence-electron chi connectivity index (χ2n) is 3.02. The number of hydrogen-bond acceptors (Lipinski definition) is 3. The lowest BCUT2D eigenvalue weighted by Gasteiger charge is -2.09. The number of carbonyl (C=O) groups is 1. The van der Waals surface area contributed by atoms with Crippen LogP contribution in [0.1, 0.15) is 13.3 Å². The predicted molar refractivity (Wildman–Crippen MR) is 50.9 cm³/mol. The second kappa shape index (κ2) is 4.48. The number of rotatable bonds is 3. The van der Waals surface area contributed by atoms with E-state index in [1.54, 1.807) is 0 Å². The summed E-state index contributed by atoms with van der Waals surface area (Å²) in [5.74, 6) is -3.77. The van der Waals surface area contributed by atoms with Crippen LogP contribution < -0.4 is 5.32 Å². The molecule has 0 bridgehead atoms. The van der Waals surface area contributed by atoms with E-state index >= 15 is 0 Å². The molecule has 0 aliphatic carbocycles. The van der Waals surface area contributed by atoms with E-state index in [0.29, 0.717) is 6.92 Å². The average Bonchev–Trinajstić information content (AvgIpc) is 2.05. The monoisotopic (exact) mass is 235 g/mol. The lowest BCUT2D eigenvalue weighted by Crippen LogP contribution is -2.22. The summed E-state index contributed by atoms with van der Waals surface area (Å²) in [6, 6.07) is 0. The molecule has 0 atom stereocenters. The van der Waals surface area contributed by atoms with E-state index in [2.05, 4.69) is 15.3 Å². The number of nitrogens with one attached hydrogen (secondary N) is 1. The van der Waals surface area contributed by atoms with Crippen molar-refractivity contribution in [1.29, 1.82) is 0 Å². The standard InChI is InChI=1S/C8H8ClF2N3O/c1-8(10,11)2-7(15)14-6-4-12-5(9)3-13-6/h3-4H,2H2,1H3,(H,13,14,15). The van der Waals surface area contributed by atoms with Gasteiger partial charge in [0.2, 0.25) is 5.91 Å². The number of anilines is 1. The number of amides is 1. The number of hydrogen-bond donors (Lipinski definition) is 1. The molecule has 82 valence electrons. The van der Waals surface area contributed by atoms with Gasteiger partial charge in [0, 0.05) is 0 Å². The third-order valence-electron chi connectivity index (χ3n) is 1.36. The van der Waals surface area contributed by atoms with Gasteiger partial charge in [0.05, 0.1) is 18.8 Å². The number of carbonyl (C=O) groups excluding carboxylic acids is 1. The molecule has 1 amide bonds. The van der Waals surface area contributed by atoms with E-state index in [1.165, 1.54) is 12.4 Å². The first-order valence-electron chi connectivity index (χ1n) is 4.02. The van der Waals surface area contributed by atoms with Crippen molar-refractivity contribution in [2.75, 3.05) is 5.32 Å². The minimum absolute atomic E-state index is 0.0913. The zero-order valence-corrected chi connectivity index (χ0v) is 8.55. The van der Waals surface area contributed by atoms with Crippen molar-refractivity contribution in [1.82, 2.24) is 9.97 Å². The largest absolute Gasteiger partial charge is 0.309 e.